The molecule has 0 saturated carbocycles. The minimum atomic E-state index is -0.467. The molecule has 0 unspecified atom stereocenters. The molecule has 0 aliphatic carbocycles. The van der Waals surface area contributed by atoms with Crippen molar-refractivity contribution in [3.05, 3.63) is 34.9 Å². The SMILES string of the molecule is C=CC1=C(C(=C)Br)CN(C(=O)OC(C)(C)C)CC1. The second-order valence-corrected chi connectivity index (χ2v) is 6.22. The van der Waals surface area contributed by atoms with E-state index in [2.05, 4.69) is 29.1 Å². The Morgan fingerprint density at radius 1 is 1.50 bits per heavy atom. The number of carbonyl (C=O) groups is 1. The van der Waals surface area contributed by atoms with Crippen molar-refractivity contribution in [2.45, 2.75) is 32.8 Å². The monoisotopic (exact) mass is 313 g/mol. The summed E-state index contributed by atoms with van der Waals surface area (Å²) in [5.41, 5.74) is 1.68. The van der Waals surface area contributed by atoms with E-state index in [4.69, 9.17) is 4.74 Å². The molecule has 0 N–H and O–H groups in total. The number of hydrogen-bond acceptors (Lipinski definition) is 2. The quantitative estimate of drug-likeness (QED) is 0.770. The Bertz CT molecular complexity index is 405. The molecule has 18 heavy (non-hydrogen) atoms. The Morgan fingerprint density at radius 2 is 2.11 bits per heavy atom. The predicted octanol–water partition coefficient (Wildman–Crippen LogP) is 4.02. The largest absolute Gasteiger partial charge is 0.444 e. The molecule has 0 aromatic heterocycles. The fourth-order valence-electron chi connectivity index (χ4n) is 1.75. The summed E-state index contributed by atoms with van der Waals surface area (Å²) in [6.45, 7) is 14.4. The number of carbonyl (C=O) groups excluding carboxylic acids is 1. The second kappa shape index (κ2) is 5.74. The molecule has 0 fully saturated rings. The standard InChI is InChI=1S/C14H20BrNO2/c1-6-11-7-8-16(9-12(11)10(2)15)13(17)18-14(3,4)5/h6H,1-2,7-9H2,3-5H3. The molecule has 1 rings (SSSR count). The van der Waals surface area contributed by atoms with Crippen molar-refractivity contribution in [1.82, 2.24) is 4.90 Å². The summed E-state index contributed by atoms with van der Waals surface area (Å²) in [7, 11) is 0. The highest BCUT2D eigenvalue weighted by Gasteiger charge is 2.26. The molecule has 0 saturated heterocycles. The number of hydrogen-bond donors (Lipinski definition) is 0. The molecular formula is C14H20BrNO2. The summed E-state index contributed by atoms with van der Waals surface area (Å²) in [5, 5.41) is 0. The molecule has 1 heterocycles. The van der Waals surface area contributed by atoms with Crippen LogP contribution in [0, 0.1) is 0 Å². The highest BCUT2D eigenvalue weighted by Crippen LogP contribution is 2.27. The molecule has 0 atom stereocenters. The lowest BCUT2D eigenvalue weighted by Gasteiger charge is -2.32. The lowest BCUT2D eigenvalue weighted by atomic mass is 10.0. The molecule has 0 spiro atoms. The number of ether oxygens (including phenoxy) is 1. The Kier molecular flexibility index (Phi) is 4.79. The van der Waals surface area contributed by atoms with Crippen molar-refractivity contribution < 1.29 is 9.53 Å². The number of rotatable bonds is 2. The van der Waals surface area contributed by atoms with Gasteiger partial charge in [0.2, 0.25) is 0 Å². The van der Waals surface area contributed by atoms with Gasteiger partial charge in [-0.15, -0.1) is 0 Å². The predicted molar refractivity (Wildman–Crippen MR) is 77.7 cm³/mol. The third kappa shape index (κ3) is 4.02. The lowest BCUT2D eigenvalue weighted by Crippen LogP contribution is -2.40. The van der Waals surface area contributed by atoms with Gasteiger partial charge in [-0.25, -0.2) is 4.79 Å². The van der Waals surface area contributed by atoms with E-state index in [9.17, 15) is 4.79 Å². The molecule has 0 aromatic rings. The van der Waals surface area contributed by atoms with E-state index in [1.807, 2.05) is 26.8 Å². The van der Waals surface area contributed by atoms with Gasteiger partial charge in [0.25, 0.3) is 0 Å². The Hall–Kier alpha value is -1.03. The van der Waals surface area contributed by atoms with Crippen molar-refractivity contribution in [2.24, 2.45) is 0 Å². The topological polar surface area (TPSA) is 29.5 Å². The van der Waals surface area contributed by atoms with Crippen molar-refractivity contribution in [2.75, 3.05) is 13.1 Å². The van der Waals surface area contributed by atoms with E-state index in [0.29, 0.717) is 13.1 Å². The second-order valence-electron chi connectivity index (χ2n) is 5.26. The van der Waals surface area contributed by atoms with E-state index in [-0.39, 0.29) is 6.09 Å². The highest BCUT2D eigenvalue weighted by atomic mass is 79.9. The normalized spacial score (nSPS) is 16.6. The summed E-state index contributed by atoms with van der Waals surface area (Å²) in [6, 6.07) is 0. The van der Waals surface area contributed by atoms with E-state index in [1.165, 1.54) is 0 Å². The lowest BCUT2D eigenvalue weighted by molar-refractivity contribution is 0.0262. The third-order valence-electron chi connectivity index (χ3n) is 2.61. The van der Waals surface area contributed by atoms with Gasteiger partial charge < -0.3 is 9.64 Å². The smallest absolute Gasteiger partial charge is 0.410 e. The van der Waals surface area contributed by atoms with Crippen LogP contribution in [0.4, 0.5) is 4.79 Å². The summed E-state index contributed by atoms with van der Waals surface area (Å²) >= 11 is 3.38. The molecular weight excluding hydrogens is 294 g/mol. The highest BCUT2D eigenvalue weighted by molar-refractivity contribution is 9.11. The van der Waals surface area contributed by atoms with Crippen LogP contribution < -0.4 is 0 Å². The van der Waals surface area contributed by atoms with Gasteiger partial charge in [0.15, 0.2) is 0 Å². The number of allylic oxidation sites excluding steroid dienone is 1. The molecule has 0 bridgehead atoms. The van der Waals surface area contributed by atoms with Crippen LogP contribution in [0.25, 0.3) is 0 Å². The summed E-state index contributed by atoms with van der Waals surface area (Å²) in [4.78, 5) is 13.7. The van der Waals surface area contributed by atoms with Crippen LogP contribution in [0.1, 0.15) is 27.2 Å². The van der Waals surface area contributed by atoms with Crippen LogP contribution in [0.3, 0.4) is 0 Å². The number of nitrogens with zero attached hydrogens (tertiary/aromatic N) is 1. The molecule has 100 valence electrons. The molecule has 1 aliphatic rings. The van der Waals surface area contributed by atoms with Crippen LogP contribution >= 0.6 is 15.9 Å². The maximum Gasteiger partial charge on any atom is 0.410 e. The van der Waals surface area contributed by atoms with Gasteiger partial charge in [-0.1, -0.05) is 35.2 Å². The number of halogens is 1. The average molecular weight is 314 g/mol. The molecule has 1 amide bonds. The van der Waals surface area contributed by atoms with Crippen LogP contribution in [-0.4, -0.2) is 29.7 Å². The molecule has 1 aliphatic heterocycles. The van der Waals surface area contributed by atoms with E-state index in [1.54, 1.807) is 4.90 Å². The van der Waals surface area contributed by atoms with E-state index >= 15 is 0 Å². The van der Waals surface area contributed by atoms with E-state index in [0.717, 1.165) is 22.0 Å². The Morgan fingerprint density at radius 3 is 2.56 bits per heavy atom. The molecule has 4 heteroatoms. The number of amides is 1. The maximum absolute atomic E-state index is 12.0. The van der Waals surface area contributed by atoms with Crippen molar-refractivity contribution in [1.29, 1.82) is 0 Å². The van der Waals surface area contributed by atoms with Gasteiger partial charge in [0.1, 0.15) is 5.60 Å². The Balaban J connectivity index is 2.80. The fourth-order valence-corrected chi connectivity index (χ4v) is 2.13. The third-order valence-corrected chi connectivity index (χ3v) is 3.09. The molecule has 3 nitrogen and oxygen atoms in total. The van der Waals surface area contributed by atoms with Gasteiger partial charge in [-0.2, -0.15) is 0 Å². The summed E-state index contributed by atoms with van der Waals surface area (Å²) < 4.78 is 6.16. The van der Waals surface area contributed by atoms with Crippen LogP contribution in [-0.2, 0) is 4.74 Å². The first-order chi connectivity index (χ1) is 8.24. The minimum Gasteiger partial charge on any atom is -0.444 e. The molecule has 0 radical (unpaired) electrons. The van der Waals surface area contributed by atoms with Gasteiger partial charge in [-0.05, 0) is 38.3 Å². The van der Waals surface area contributed by atoms with Crippen molar-refractivity contribution in [3.63, 3.8) is 0 Å². The van der Waals surface area contributed by atoms with Crippen molar-refractivity contribution >= 4 is 22.0 Å². The first-order valence-electron chi connectivity index (χ1n) is 5.92. The first-order valence-corrected chi connectivity index (χ1v) is 6.71. The van der Waals surface area contributed by atoms with Gasteiger partial charge in [-0.3, -0.25) is 0 Å². The maximum atomic E-state index is 12.0. The van der Waals surface area contributed by atoms with Crippen molar-refractivity contribution in [3.8, 4) is 0 Å². The summed E-state index contributed by atoms with van der Waals surface area (Å²) in [5.74, 6) is 0. The first kappa shape index (κ1) is 15.0. The molecule has 0 aromatic carbocycles. The zero-order valence-corrected chi connectivity index (χ0v) is 12.8. The van der Waals surface area contributed by atoms with Crippen LogP contribution in [0.2, 0.25) is 0 Å². The van der Waals surface area contributed by atoms with Gasteiger partial charge in [0.05, 0.1) is 6.54 Å². The average Bonchev–Trinajstić information content (AvgIpc) is 2.25. The Labute approximate surface area is 117 Å². The van der Waals surface area contributed by atoms with Gasteiger partial charge >= 0.3 is 6.09 Å². The fraction of sp³-hybridized carbons (Fsp3) is 0.500. The minimum absolute atomic E-state index is 0.281. The van der Waals surface area contributed by atoms with E-state index < -0.39 is 5.60 Å². The van der Waals surface area contributed by atoms with Gasteiger partial charge in [0, 0.05) is 11.0 Å². The zero-order valence-electron chi connectivity index (χ0n) is 11.3. The van der Waals surface area contributed by atoms with Crippen LogP contribution in [0.5, 0.6) is 0 Å². The van der Waals surface area contributed by atoms with Crippen LogP contribution in [0.15, 0.2) is 34.9 Å². The zero-order chi connectivity index (χ0) is 13.9. The summed E-state index contributed by atoms with van der Waals surface area (Å²) in [6.07, 6.45) is 2.33.